The van der Waals surface area contributed by atoms with Crippen LogP contribution in [0.25, 0.3) is 5.69 Å². The van der Waals surface area contributed by atoms with E-state index in [0.717, 1.165) is 55.2 Å². The molecular formula is C20H21N7O. The molecule has 8 heteroatoms. The van der Waals surface area contributed by atoms with E-state index in [2.05, 4.69) is 31.2 Å². The molecule has 0 aromatic carbocycles. The molecule has 0 spiro atoms. The number of aryl methyl sites for hydroxylation is 1. The van der Waals surface area contributed by atoms with Gasteiger partial charge in [0.1, 0.15) is 0 Å². The zero-order valence-corrected chi connectivity index (χ0v) is 15.7. The Balaban J connectivity index is 1.39. The average molecular weight is 375 g/mol. The molecule has 0 aliphatic carbocycles. The Hall–Kier alpha value is -3.29. The average Bonchev–Trinajstić information content (AvgIpc) is 3.20. The number of pyridine rings is 1. The van der Waals surface area contributed by atoms with Gasteiger partial charge in [-0.3, -0.25) is 9.78 Å². The van der Waals surface area contributed by atoms with E-state index in [-0.39, 0.29) is 5.91 Å². The topological polar surface area (TPSA) is 80.0 Å². The zero-order chi connectivity index (χ0) is 19.1. The summed E-state index contributed by atoms with van der Waals surface area (Å²) >= 11 is 0. The number of hydrogen-bond donors (Lipinski definition) is 0. The molecule has 2 aliphatic rings. The fraction of sp³-hybridized carbons (Fsp3) is 0.350. The van der Waals surface area contributed by atoms with Crippen LogP contribution in [0.4, 0.5) is 5.82 Å². The molecule has 0 radical (unpaired) electrons. The van der Waals surface area contributed by atoms with Gasteiger partial charge in [0, 0.05) is 50.7 Å². The SMILES string of the molecule is Cc1cc(C(=O)N2CCC2)nnc1N1CCc2ncc(-n3cccn3)cc2C1. The van der Waals surface area contributed by atoms with Crippen LogP contribution in [0.15, 0.2) is 36.8 Å². The Morgan fingerprint density at radius 2 is 2.04 bits per heavy atom. The first-order chi connectivity index (χ1) is 13.7. The Labute approximate surface area is 162 Å². The smallest absolute Gasteiger partial charge is 0.274 e. The first kappa shape index (κ1) is 16.9. The number of carbonyl (C=O) groups excluding carboxylic acids is 1. The summed E-state index contributed by atoms with van der Waals surface area (Å²) in [7, 11) is 0. The standard InChI is InChI=1S/C20H21N7O/c1-14-10-18(20(28)25-6-3-7-25)23-24-19(14)26-9-4-17-15(13-26)11-16(12-21-17)27-8-2-5-22-27/h2,5,8,10-12H,3-4,6-7,9,13H2,1H3. The molecule has 1 fully saturated rings. The molecular weight excluding hydrogens is 354 g/mol. The summed E-state index contributed by atoms with van der Waals surface area (Å²) in [4.78, 5) is 21.0. The molecule has 2 aliphatic heterocycles. The predicted octanol–water partition coefficient (Wildman–Crippen LogP) is 1.77. The Kier molecular flexibility index (Phi) is 4.03. The highest BCUT2D eigenvalue weighted by atomic mass is 16.2. The van der Waals surface area contributed by atoms with E-state index in [1.807, 2.05) is 41.0 Å². The van der Waals surface area contributed by atoms with Gasteiger partial charge >= 0.3 is 0 Å². The van der Waals surface area contributed by atoms with Crippen molar-refractivity contribution in [3.63, 3.8) is 0 Å². The molecule has 0 saturated carbocycles. The van der Waals surface area contributed by atoms with Crippen molar-refractivity contribution in [2.45, 2.75) is 26.3 Å². The van der Waals surface area contributed by atoms with Crippen LogP contribution in [-0.2, 0) is 13.0 Å². The van der Waals surface area contributed by atoms with Crippen molar-refractivity contribution in [1.29, 1.82) is 0 Å². The Morgan fingerprint density at radius 1 is 1.14 bits per heavy atom. The quantitative estimate of drug-likeness (QED) is 0.694. The van der Waals surface area contributed by atoms with Gasteiger partial charge < -0.3 is 9.80 Å². The van der Waals surface area contributed by atoms with Gasteiger partial charge in [0.2, 0.25) is 0 Å². The Bertz CT molecular complexity index is 1030. The highest BCUT2D eigenvalue weighted by molar-refractivity contribution is 5.93. The third kappa shape index (κ3) is 2.90. The molecule has 1 saturated heterocycles. The lowest BCUT2D eigenvalue weighted by molar-refractivity contribution is 0.0644. The van der Waals surface area contributed by atoms with Gasteiger partial charge in [0.05, 0.1) is 11.9 Å². The number of rotatable bonds is 3. The van der Waals surface area contributed by atoms with Crippen LogP contribution in [0.1, 0.15) is 33.7 Å². The van der Waals surface area contributed by atoms with Crippen LogP contribution in [-0.4, -0.2) is 55.4 Å². The summed E-state index contributed by atoms with van der Waals surface area (Å²) in [6.45, 7) is 5.17. The third-order valence-electron chi connectivity index (χ3n) is 5.41. The molecule has 0 N–H and O–H groups in total. The maximum absolute atomic E-state index is 12.4. The highest BCUT2D eigenvalue weighted by Crippen LogP contribution is 2.26. The van der Waals surface area contributed by atoms with E-state index in [1.165, 1.54) is 5.56 Å². The summed E-state index contributed by atoms with van der Waals surface area (Å²) in [5.74, 6) is 0.806. The third-order valence-corrected chi connectivity index (χ3v) is 5.41. The number of likely N-dealkylation sites (tertiary alicyclic amines) is 1. The lowest BCUT2D eigenvalue weighted by Gasteiger charge is -2.31. The van der Waals surface area contributed by atoms with E-state index in [1.54, 1.807) is 6.20 Å². The summed E-state index contributed by atoms with van der Waals surface area (Å²) in [6.07, 6.45) is 7.45. The largest absolute Gasteiger partial charge is 0.350 e. The summed E-state index contributed by atoms with van der Waals surface area (Å²) in [6, 6.07) is 5.89. The maximum atomic E-state index is 12.4. The summed E-state index contributed by atoms with van der Waals surface area (Å²) in [5.41, 5.74) is 4.63. The van der Waals surface area contributed by atoms with E-state index < -0.39 is 0 Å². The second-order valence-electron chi connectivity index (χ2n) is 7.30. The van der Waals surface area contributed by atoms with Crippen LogP contribution >= 0.6 is 0 Å². The zero-order valence-electron chi connectivity index (χ0n) is 15.7. The van der Waals surface area contributed by atoms with Crippen molar-refractivity contribution in [1.82, 2.24) is 29.9 Å². The van der Waals surface area contributed by atoms with Crippen molar-refractivity contribution < 1.29 is 4.79 Å². The molecule has 5 heterocycles. The molecule has 3 aromatic rings. The summed E-state index contributed by atoms with van der Waals surface area (Å²) < 4.78 is 1.81. The van der Waals surface area contributed by atoms with Gasteiger partial charge in [-0.25, -0.2) is 4.68 Å². The van der Waals surface area contributed by atoms with Crippen molar-refractivity contribution in [2.75, 3.05) is 24.5 Å². The molecule has 28 heavy (non-hydrogen) atoms. The lowest BCUT2D eigenvalue weighted by atomic mass is 10.0. The van der Waals surface area contributed by atoms with Crippen molar-refractivity contribution in [3.05, 3.63) is 59.3 Å². The second kappa shape index (κ2) is 6.70. The minimum Gasteiger partial charge on any atom is -0.350 e. The molecule has 5 rings (SSSR count). The van der Waals surface area contributed by atoms with Gasteiger partial charge in [0.25, 0.3) is 5.91 Å². The number of aromatic nitrogens is 5. The van der Waals surface area contributed by atoms with Crippen LogP contribution < -0.4 is 4.90 Å². The number of fused-ring (bicyclic) bond motifs is 1. The number of anilines is 1. The minimum absolute atomic E-state index is 0.0227. The molecule has 3 aromatic heterocycles. The molecule has 142 valence electrons. The van der Waals surface area contributed by atoms with Crippen molar-refractivity contribution in [3.8, 4) is 5.69 Å². The van der Waals surface area contributed by atoms with E-state index in [9.17, 15) is 4.79 Å². The number of nitrogens with zero attached hydrogens (tertiary/aromatic N) is 7. The Morgan fingerprint density at radius 3 is 2.75 bits per heavy atom. The number of amides is 1. The maximum Gasteiger partial charge on any atom is 0.274 e. The number of carbonyl (C=O) groups is 1. The van der Waals surface area contributed by atoms with Crippen LogP contribution in [0.3, 0.4) is 0 Å². The van der Waals surface area contributed by atoms with Crippen LogP contribution in [0.5, 0.6) is 0 Å². The summed E-state index contributed by atoms with van der Waals surface area (Å²) in [5, 5.41) is 12.9. The number of hydrogen-bond acceptors (Lipinski definition) is 6. The first-order valence-electron chi connectivity index (χ1n) is 9.55. The molecule has 0 atom stereocenters. The van der Waals surface area contributed by atoms with E-state index in [0.29, 0.717) is 12.2 Å². The monoisotopic (exact) mass is 375 g/mol. The predicted molar refractivity (Wildman–Crippen MR) is 103 cm³/mol. The van der Waals surface area contributed by atoms with E-state index >= 15 is 0 Å². The molecule has 1 amide bonds. The first-order valence-corrected chi connectivity index (χ1v) is 9.55. The fourth-order valence-electron chi connectivity index (χ4n) is 3.72. The van der Waals surface area contributed by atoms with Crippen LogP contribution in [0, 0.1) is 6.92 Å². The lowest BCUT2D eigenvalue weighted by Crippen LogP contribution is -2.42. The minimum atomic E-state index is -0.0227. The van der Waals surface area contributed by atoms with Gasteiger partial charge in [-0.2, -0.15) is 5.10 Å². The normalized spacial score (nSPS) is 15.9. The molecule has 0 unspecified atom stereocenters. The molecule has 0 bridgehead atoms. The van der Waals surface area contributed by atoms with Crippen molar-refractivity contribution in [2.24, 2.45) is 0 Å². The van der Waals surface area contributed by atoms with Gasteiger partial charge in [-0.15, -0.1) is 10.2 Å². The van der Waals surface area contributed by atoms with Gasteiger partial charge in [-0.05, 0) is 42.7 Å². The van der Waals surface area contributed by atoms with Crippen LogP contribution in [0.2, 0.25) is 0 Å². The van der Waals surface area contributed by atoms with Gasteiger partial charge in [-0.1, -0.05) is 0 Å². The van der Waals surface area contributed by atoms with E-state index in [4.69, 9.17) is 0 Å². The second-order valence-corrected chi connectivity index (χ2v) is 7.30. The fourth-order valence-corrected chi connectivity index (χ4v) is 3.72. The highest BCUT2D eigenvalue weighted by Gasteiger charge is 2.25. The molecule has 8 nitrogen and oxygen atoms in total. The van der Waals surface area contributed by atoms with Crippen molar-refractivity contribution >= 4 is 11.7 Å². The van der Waals surface area contributed by atoms with Gasteiger partial charge in [0.15, 0.2) is 11.5 Å².